The van der Waals surface area contributed by atoms with Gasteiger partial charge in [-0.1, -0.05) is 15.9 Å². The Morgan fingerprint density at radius 2 is 1.78 bits per heavy atom. The molecule has 6 nitrogen and oxygen atoms in total. The highest BCUT2D eigenvalue weighted by atomic mass is 79.9. The average molecular weight is 455 g/mol. The number of halogens is 1. The van der Waals surface area contributed by atoms with E-state index < -0.39 is 10.0 Å². The first-order valence-electron chi connectivity index (χ1n) is 8.69. The van der Waals surface area contributed by atoms with Crippen LogP contribution in [0.3, 0.4) is 0 Å². The van der Waals surface area contributed by atoms with Crippen molar-refractivity contribution in [3.8, 4) is 11.5 Å². The summed E-state index contributed by atoms with van der Waals surface area (Å²) in [4.78, 5) is 2.36. The van der Waals surface area contributed by atoms with Gasteiger partial charge >= 0.3 is 0 Å². The first-order valence-corrected chi connectivity index (χ1v) is 11.0. The van der Waals surface area contributed by atoms with E-state index in [9.17, 15) is 8.42 Å². The zero-order valence-corrected chi connectivity index (χ0v) is 17.7. The van der Waals surface area contributed by atoms with Gasteiger partial charge in [0.05, 0.1) is 7.11 Å². The summed E-state index contributed by atoms with van der Waals surface area (Å²) in [5, 5.41) is 0. The van der Waals surface area contributed by atoms with Crippen LogP contribution in [0, 0.1) is 0 Å². The third-order valence-electron chi connectivity index (χ3n) is 4.49. The van der Waals surface area contributed by atoms with Gasteiger partial charge in [-0.25, -0.2) is 8.42 Å². The Balaban J connectivity index is 1.70. The molecule has 0 amide bonds. The summed E-state index contributed by atoms with van der Waals surface area (Å²) in [6, 6.07) is 11.8. The molecule has 146 valence electrons. The van der Waals surface area contributed by atoms with Gasteiger partial charge in [0.2, 0.25) is 0 Å². The van der Waals surface area contributed by atoms with Crippen LogP contribution >= 0.6 is 15.9 Å². The second-order valence-electron chi connectivity index (χ2n) is 6.55. The maximum atomic E-state index is 12.7. The van der Waals surface area contributed by atoms with Crippen LogP contribution < -0.4 is 14.2 Å². The molecule has 8 heteroatoms. The van der Waals surface area contributed by atoms with Crippen molar-refractivity contribution < 1.29 is 17.9 Å². The standard InChI is InChI=1S/C19H23BrN2O4S/c1-22-11-9-17(10-12-22)26-16-6-4-15(5-7-16)21-27(23,24)19-13-14(20)3-8-18(19)25-2/h3-8,13,17,21H,9-12H2,1-2H3. The van der Waals surface area contributed by atoms with Crippen LogP contribution in [0.2, 0.25) is 0 Å². The van der Waals surface area contributed by atoms with E-state index in [0.29, 0.717) is 10.2 Å². The number of ether oxygens (including phenoxy) is 2. The van der Waals surface area contributed by atoms with Gasteiger partial charge in [0.15, 0.2) is 0 Å². The summed E-state index contributed by atoms with van der Waals surface area (Å²) in [5.41, 5.74) is 0.466. The molecule has 27 heavy (non-hydrogen) atoms. The molecule has 1 heterocycles. The minimum absolute atomic E-state index is 0.0750. The number of rotatable bonds is 6. The average Bonchev–Trinajstić information content (AvgIpc) is 2.65. The van der Waals surface area contributed by atoms with Gasteiger partial charge in [0, 0.05) is 23.2 Å². The number of nitrogens with zero attached hydrogens (tertiary/aromatic N) is 1. The summed E-state index contributed by atoms with van der Waals surface area (Å²) in [7, 11) is -0.226. The summed E-state index contributed by atoms with van der Waals surface area (Å²) in [6.07, 6.45) is 2.19. The van der Waals surface area contributed by atoms with Crippen LogP contribution in [0.1, 0.15) is 12.8 Å². The van der Waals surface area contributed by atoms with Crippen molar-refractivity contribution in [2.24, 2.45) is 0 Å². The van der Waals surface area contributed by atoms with E-state index in [1.54, 1.807) is 36.4 Å². The summed E-state index contributed by atoms with van der Waals surface area (Å²) < 4.78 is 39.8. The van der Waals surface area contributed by atoms with Gasteiger partial charge < -0.3 is 14.4 Å². The third-order valence-corrected chi connectivity index (χ3v) is 6.39. The Morgan fingerprint density at radius 3 is 2.41 bits per heavy atom. The molecule has 0 radical (unpaired) electrons. The molecule has 1 fully saturated rings. The van der Waals surface area contributed by atoms with Crippen LogP contribution in [0.25, 0.3) is 0 Å². The van der Waals surface area contributed by atoms with Gasteiger partial charge in [-0.3, -0.25) is 4.72 Å². The fourth-order valence-corrected chi connectivity index (χ4v) is 4.73. The summed E-state index contributed by atoms with van der Waals surface area (Å²) in [5.74, 6) is 1.03. The quantitative estimate of drug-likeness (QED) is 0.719. The molecular formula is C19H23BrN2O4S. The normalized spacial score (nSPS) is 16.1. The summed E-state index contributed by atoms with van der Waals surface area (Å²) >= 11 is 3.30. The van der Waals surface area contributed by atoms with Gasteiger partial charge in [-0.2, -0.15) is 0 Å². The Bertz CT molecular complexity index is 879. The van der Waals surface area contributed by atoms with Crippen molar-refractivity contribution in [1.29, 1.82) is 0 Å². The molecule has 0 unspecified atom stereocenters. The molecule has 2 aromatic carbocycles. The topological polar surface area (TPSA) is 67.9 Å². The predicted octanol–water partition coefficient (Wildman–Crippen LogP) is 3.73. The first-order chi connectivity index (χ1) is 12.9. The lowest BCUT2D eigenvalue weighted by atomic mass is 10.1. The van der Waals surface area contributed by atoms with Crippen molar-refractivity contribution in [1.82, 2.24) is 4.90 Å². The predicted molar refractivity (Wildman–Crippen MR) is 109 cm³/mol. The van der Waals surface area contributed by atoms with Crippen molar-refractivity contribution in [3.63, 3.8) is 0 Å². The van der Waals surface area contributed by atoms with Crippen LogP contribution in [0.4, 0.5) is 5.69 Å². The smallest absolute Gasteiger partial charge is 0.265 e. The van der Waals surface area contributed by atoms with Gasteiger partial charge in [-0.15, -0.1) is 0 Å². The maximum Gasteiger partial charge on any atom is 0.265 e. The Labute approximate surface area is 168 Å². The molecule has 1 aliphatic rings. The number of piperidine rings is 1. The van der Waals surface area contributed by atoms with E-state index in [2.05, 4.69) is 32.6 Å². The summed E-state index contributed by atoms with van der Waals surface area (Å²) in [6.45, 7) is 2.05. The second kappa shape index (κ2) is 8.50. The molecule has 1 N–H and O–H groups in total. The van der Waals surface area contributed by atoms with E-state index in [-0.39, 0.29) is 16.7 Å². The van der Waals surface area contributed by atoms with Crippen LogP contribution in [0.5, 0.6) is 11.5 Å². The third kappa shape index (κ3) is 5.15. The van der Waals surface area contributed by atoms with Crippen LogP contribution in [-0.2, 0) is 10.0 Å². The van der Waals surface area contributed by atoms with Crippen molar-refractivity contribution in [3.05, 3.63) is 46.9 Å². The number of hydrogen-bond donors (Lipinski definition) is 1. The van der Waals surface area contributed by atoms with E-state index >= 15 is 0 Å². The Morgan fingerprint density at radius 1 is 1.11 bits per heavy atom. The number of methoxy groups -OCH3 is 1. The highest BCUT2D eigenvalue weighted by molar-refractivity contribution is 9.10. The van der Waals surface area contributed by atoms with Gasteiger partial charge in [-0.05, 0) is 62.4 Å². The molecule has 1 aliphatic heterocycles. The van der Waals surface area contributed by atoms with Crippen molar-refractivity contribution in [2.45, 2.75) is 23.8 Å². The molecule has 0 saturated carbocycles. The number of benzene rings is 2. The first kappa shape index (κ1) is 20.0. The van der Waals surface area contributed by atoms with E-state index in [0.717, 1.165) is 31.7 Å². The Hall–Kier alpha value is -1.77. The van der Waals surface area contributed by atoms with Gasteiger partial charge in [0.1, 0.15) is 22.5 Å². The van der Waals surface area contributed by atoms with E-state index in [1.165, 1.54) is 13.2 Å². The minimum atomic E-state index is -3.78. The Kier molecular flexibility index (Phi) is 6.29. The maximum absolute atomic E-state index is 12.7. The fourth-order valence-electron chi connectivity index (χ4n) is 2.97. The highest BCUT2D eigenvalue weighted by Gasteiger charge is 2.21. The molecule has 0 atom stereocenters. The van der Waals surface area contributed by atoms with Crippen molar-refractivity contribution in [2.75, 3.05) is 32.0 Å². The molecule has 0 aromatic heterocycles. The number of likely N-dealkylation sites (tertiary alicyclic amines) is 1. The van der Waals surface area contributed by atoms with Crippen LogP contribution in [-0.4, -0.2) is 46.7 Å². The zero-order chi connectivity index (χ0) is 19.4. The fraction of sp³-hybridized carbons (Fsp3) is 0.368. The number of sulfonamides is 1. The van der Waals surface area contributed by atoms with E-state index in [1.807, 2.05) is 0 Å². The SMILES string of the molecule is COc1ccc(Br)cc1S(=O)(=O)Nc1ccc(OC2CCN(C)CC2)cc1. The van der Waals surface area contributed by atoms with Gasteiger partial charge in [0.25, 0.3) is 10.0 Å². The lowest BCUT2D eigenvalue weighted by molar-refractivity contribution is 0.114. The number of anilines is 1. The molecule has 0 aliphatic carbocycles. The lowest BCUT2D eigenvalue weighted by Crippen LogP contribution is -2.35. The number of nitrogens with one attached hydrogen (secondary N) is 1. The zero-order valence-electron chi connectivity index (χ0n) is 15.3. The minimum Gasteiger partial charge on any atom is -0.495 e. The molecule has 2 aromatic rings. The molecule has 1 saturated heterocycles. The second-order valence-corrected chi connectivity index (χ2v) is 9.11. The monoisotopic (exact) mass is 454 g/mol. The van der Waals surface area contributed by atoms with Crippen LogP contribution in [0.15, 0.2) is 51.8 Å². The molecular weight excluding hydrogens is 432 g/mol. The molecule has 0 bridgehead atoms. The van der Waals surface area contributed by atoms with Crippen molar-refractivity contribution >= 4 is 31.6 Å². The molecule has 0 spiro atoms. The van der Waals surface area contributed by atoms with E-state index in [4.69, 9.17) is 9.47 Å². The molecule has 3 rings (SSSR count). The number of hydrogen-bond acceptors (Lipinski definition) is 5. The largest absolute Gasteiger partial charge is 0.495 e. The highest BCUT2D eigenvalue weighted by Crippen LogP contribution is 2.29. The lowest BCUT2D eigenvalue weighted by Gasteiger charge is -2.29.